The van der Waals surface area contributed by atoms with E-state index in [1.807, 2.05) is 24.1 Å². The zero-order chi connectivity index (χ0) is 14.3. The fraction of sp³-hybridized carbons (Fsp3) is 0.643. The van der Waals surface area contributed by atoms with Crippen LogP contribution < -0.4 is 10.2 Å². The highest BCUT2D eigenvalue weighted by Crippen LogP contribution is 2.17. The molecule has 0 spiro atoms. The number of ether oxygens (including phenoxy) is 1. The summed E-state index contributed by atoms with van der Waals surface area (Å²) in [7, 11) is 3.50. The number of aromatic nitrogens is 1. The monoisotopic (exact) mass is 267 g/mol. The van der Waals surface area contributed by atoms with Gasteiger partial charge in [-0.1, -0.05) is 6.92 Å². The van der Waals surface area contributed by atoms with E-state index in [4.69, 9.17) is 4.74 Å². The van der Waals surface area contributed by atoms with Crippen molar-refractivity contribution in [1.29, 1.82) is 0 Å². The highest BCUT2D eigenvalue weighted by molar-refractivity contribution is 5.41. The molecule has 1 heterocycles. The van der Waals surface area contributed by atoms with Gasteiger partial charge in [-0.2, -0.15) is 0 Å². The first-order valence-electron chi connectivity index (χ1n) is 6.66. The molecule has 0 saturated heterocycles. The first kappa shape index (κ1) is 15.9. The van der Waals surface area contributed by atoms with Crippen molar-refractivity contribution in [3.8, 4) is 0 Å². The first-order valence-corrected chi connectivity index (χ1v) is 6.66. The molecule has 0 aliphatic heterocycles. The Hall–Kier alpha value is -1.17. The Morgan fingerprint density at radius 1 is 1.53 bits per heavy atom. The molecule has 108 valence electrons. The number of pyridine rings is 1. The summed E-state index contributed by atoms with van der Waals surface area (Å²) >= 11 is 0. The molecular formula is C14H25N3O2. The number of nitrogens with zero attached hydrogens (tertiary/aromatic N) is 2. The van der Waals surface area contributed by atoms with E-state index < -0.39 is 6.10 Å². The number of hydrogen-bond acceptors (Lipinski definition) is 5. The minimum atomic E-state index is -0.508. The van der Waals surface area contributed by atoms with Gasteiger partial charge in [0.05, 0.1) is 12.7 Å². The first-order chi connectivity index (χ1) is 9.08. The molecule has 1 rings (SSSR count). The van der Waals surface area contributed by atoms with Crippen molar-refractivity contribution < 1.29 is 9.84 Å². The molecule has 5 heteroatoms. The average molecular weight is 267 g/mol. The Morgan fingerprint density at radius 2 is 2.26 bits per heavy atom. The van der Waals surface area contributed by atoms with Gasteiger partial charge in [0.2, 0.25) is 0 Å². The molecule has 0 saturated carbocycles. The van der Waals surface area contributed by atoms with E-state index in [0.29, 0.717) is 19.2 Å². The predicted octanol–water partition coefficient (Wildman–Crippen LogP) is 1.20. The van der Waals surface area contributed by atoms with Crippen molar-refractivity contribution >= 4 is 5.82 Å². The Kier molecular flexibility index (Phi) is 6.77. The Balaban J connectivity index is 2.69. The van der Waals surface area contributed by atoms with Gasteiger partial charge in [0.25, 0.3) is 0 Å². The topological polar surface area (TPSA) is 57.6 Å². The molecule has 0 aliphatic rings. The van der Waals surface area contributed by atoms with Crippen molar-refractivity contribution in [3.63, 3.8) is 0 Å². The maximum Gasteiger partial charge on any atom is 0.128 e. The predicted molar refractivity (Wildman–Crippen MR) is 77.5 cm³/mol. The molecule has 0 bridgehead atoms. The standard InChI is InChI=1S/C14H25N3O2/c1-5-15-11(2)12-6-7-16-14(8-12)17(3)9-13(18)10-19-4/h6-8,11,13,15,18H,5,9-10H2,1-4H3. The summed E-state index contributed by atoms with van der Waals surface area (Å²) in [6.07, 6.45) is 1.30. The number of anilines is 1. The van der Waals surface area contributed by atoms with Gasteiger partial charge >= 0.3 is 0 Å². The van der Waals surface area contributed by atoms with Crippen LogP contribution in [0.1, 0.15) is 25.5 Å². The Labute approximate surface area is 115 Å². The second-order valence-electron chi connectivity index (χ2n) is 4.72. The van der Waals surface area contributed by atoms with Gasteiger partial charge in [-0.25, -0.2) is 4.98 Å². The fourth-order valence-corrected chi connectivity index (χ4v) is 1.99. The van der Waals surface area contributed by atoms with Gasteiger partial charge in [0.15, 0.2) is 0 Å². The molecule has 0 fully saturated rings. The highest BCUT2D eigenvalue weighted by Gasteiger charge is 2.11. The van der Waals surface area contributed by atoms with Crippen LogP contribution in [0.15, 0.2) is 18.3 Å². The third kappa shape index (κ3) is 5.14. The minimum absolute atomic E-state index is 0.295. The van der Waals surface area contributed by atoms with E-state index in [1.54, 1.807) is 13.3 Å². The van der Waals surface area contributed by atoms with E-state index in [-0.39, 0.29) is 0 Å². The van der Waals surface area contributed by atoms with Gasteiger partial charge in [-0.3, -0.25) is 0 Å². The Morgan fingerprint density at radius 3 is 2.89 bits per heavy atom. The third-order valence-corrected chi connectivity index (χ3v) is 3.01. The zero-order valence-electron chi connectivity index (χ0n) is 12.3. The summed E-state index contributed by atoms with van der Waals surface area (Å²) in [4.78, 5) is 6.28. The molecule has 0 aromatic carbocycles. The van der Waals surface area contributed by atoms with E-state index in [9.17, 15) is 5.11 Å². The molecule has 0 amide bonds. The number of hydrogen-bond donors (Lipinski definition) is 2. The van der Waals surface area contributed by atoms with Crippen LogP contribution in [-0.4, -0.2) is 50.0 Å². The number of nitrogens with one attached hydrogen (secondary N) is 1. The van der Waals surface area contributed by atoms with E-state index in [0.717, 1.165) is 12.4 Å². The summed E-state index contributed by atoms with van der Waals surface area (Å²) in [6, 6.07) is 4.35. The summed E-state index contributed by atoms with van der Waals surface area (Å²) < 4.78 is 4.93. The van der Waals surface area contributed by atoms with E-state index in [2.05, 4.69) is 24.1 Å². The fourth-order valence-electron chi connectivity index (χ4n) is 1.99. The summed E-state index contributed by atoms with van der Waals surface area (Å²) in [5.74, 6) is 0.859. The lowest BCUT2D eigenvalue weighted by molar-refractivity contribution is 0.0694. The van der Waals surface area contributed by atoms with Crippen LogP contribution in [0.3, 0.4) is 0 Å². The molecular weight excluding hydrogens is 242 g/mol. The van der Waals surface area contributed by atoms with Crippen molar-refractivity contribution in [2.45, 2.75) is 26.0 Å². The summed E-state index contributed by atoms with van der Waals surface area (Å²) in [5, 5.41) is 13.1. The second kappa shape index (κ2) is 8.09. The van der Waals surface area contributed by atoms with Crippen molar-refractivity contribution in [2.24, 2.45) is 0 Å². The smallest absolute Gasteiger partial charge is 0.128 e. The molecule has 0 radical (unpaired) electrons. The maximum absolute atomic E-state index is 9.74. The Bertz CT molecular complexity index is 373. The highest BCUT2D eigenvalue weighted by atomic mass is 16.5. The summed E-state index contributed by atoms with van der Waals surface area (Å²) in [6.45, 7) is 5.98. The van der Waals surface area contributed by atoms with E-state index >= 15 is 0 Å². The largest absolute Gasteiger partial charge is 0.389 e. The molecule has 0 aliphatic carbocycles. The lowest BCUT2D eigenvalue weighted by Gasteiger charge is -2.22. The molecule has 19 heavy (non-hydrogen) atoms. The molecule has 2 N–H and O–H groups in total. The molecule has 1 aromatic rings. The lowest BCUT2D eigenvalue weighted by atomic mass is 10.1. The second-order valence-corrected chi connectivity index (χ2v) is 4.72. The SMILES string of the molecule is CCNC(C)c1ccnc(N(C)CC(O)COC)c1. The van der Waals surface area contributed by atoms with E-state index in [1.165, 1.54) is 5.56 Å². The average Bonchev–Trinajstić information content (AvgIpc) is 2.39. The molecule has 5 nitrogen and oxygen atoms in total. The van der Waals surface area contributed by atoms with Crippen molar-refractivity contribution in [1.82, 2.24) is 10.3 Å². The van der Waals surface area contributed by atoms with Crippen molar-refractivity contribution in [2.75, 3.05) is 38.8 Å². The van der Waals surface area contributed by atoms with Crippen LogP contribution in [0.5, 0.6) is 0 Å². The third-order valence-electron chi connectivity index (χ3n) is 3.01. The number of rotatable bonds is 8. The normalized spacial score (nSPS) is 14.2. The zero-order valence-corrected chi connectivity index (χ0v) is 12.3. The molecule has 2 unspecified atom stereocenters. The van der Waals surface area contributed by atoms with Gasteiger partial charge in [-0.15, -0.1) is 0 Å². The van der Waals surface area contributed by atoms with Crippen LogP contribution in [0.2, 0.25) is 0 Å². The minimum Gasteiger partial charge on any atom is -0.389 e. The maximum atomic E-state index is 9.74. The van der Waals surface area contributed by atoms with Crippen LogP contribution in [0.25, 0.3) is 0 Å². The van der Waals surface area contributed by atoms with Gasteiger partial charge < -0.3 is 20.1 Å². The van der Waals surface area contributed by atoms with Gasteiger partial charge in [0, 0.05) is 32.9 Å². The van der Waals surface area contributed by atoms with Crippen LogP contribution in [0, 0.1) is 0 Å². The molecule has 2 atom stereocenters. The number of methoxy groups -OCH3 is 1. The number of aliphatic hydroxyl groups excluding tert-OH is 1. The number of likely N-dealkylation sites (N-methyl/N-ethyl adjacent to an activating group) is 1. The van der Waals surface area contributed by atoms with Crippen molar-refractivity contribution in [3.05, 3.63) is 23.9 Å². The van der Waals surface area contributed by atoms with Crippen LogP contribution in [-0.2, 0) is 4.74 Å². The summed E-state index contributed by atoms with van der Waals surface area (Å²) in [5.41, 5.74) is 1.19. The lowest BCUT2D eigenvalue weighted by Crippen LogP contribution is -2.32. The number of aliphatic hydroxyl groups is 1. The van der Waals surface area contributed by atoms with Crippen LogP contribution >= 0.6 is 0 Å². The van der Waals surface area contributed by atoms with Crippen LogP contribution in [0.4, 0.5) is 5.82 Å². The van der Waals surface area contributed by atoms with Gasteiger partial charge in [-0.05, 0) is 31.2 Å². The van der Waals surface area contributed by atoms with Gasteiger partial charge in [0.1, 0.15) is 5.82 Å². The molecule has 1 aromatic heterocycles. The quantitative estimate of drug-likeness (QED) is 0.741.